The fraction of sp³-hybridized carbons (Fsp3) is 0.409. The maximum atomic E-state index is 13.1. The summed E-state index contributed by atoms with van der Waals surface area (Å²) in [7, 11) is 1.30. The molecule has 1 aromatic heterocycles. The number of halogens is 1. The first-order valence-electron chi connectivity index (χ1n) is 9.90. The Labute approximate surface area is 174 Å². The number of likely N-dealkylation sites (tertiary alicyclic amines) is 1. The first-order chi connectivity index (χ1) is 14.3. The highest BCUT2D eigenvalue weighted by molar-refractivity contribution is 6.00. The van der Waals surface area contributed by atoms with Gasteiger partial charge in [-0.2, -0.15) is 0 Å². The molecule has 8 heteroatoms. The molecule has 3 rings (SSSR count). The summed E-state index contributed by atoms with van der Waals surface area (Å²) in [6.07, 6.45) is 1.40. The van der Waals surface area contributed by atoms with Gasteiger partial charge in [0, 0.05) is 25.3 Å². The molecule has 0 unspecified atom stereocenters. The minimum absolute atomic E-state index is 0.133. The number of amides is 2. The molecule has 1 aliphatic rings. The summed E-state index contributed by atoms with van der Waals surface area (Å²) in [5, 5.41) is 2.87. The topological polar surface area (TPSA) is 91.5 Å². The van der Waals surface area contributed by atoms with Crippen molar-refractivity contribution in [2.24, 2.45) is 5.92 Å². The van der Waals surface area contributed by atoms with E-state index in [1.54, 1.807) is 30.9 Å². The summed E-state index contributed by atoms with van der Waals surface area (Å²) in [6.45, 7) is 4.59. The SMILES string of the molecule is COC(=O)c1c(C)[nH]c(C(=O)N2CCC[C@@H](C(=O)NCc3ccc(F)cc3)C2)c1C. The summed E-state index contributed by atoms with van der Waals surface area (Å²) in [4.78, 5) is 42.3. The van der Waals surface area contributed by atoms with E-state index in [4.69, 9.17) is 4.74 Å². The standard InChI is InChI=1S/C22H26FN3O4/c1-13-18(22(29)30-3)14(2)25-19(13)21(28)26-10-4-5-16(12-26)20(27)24-11-15-6-8-17(23)9-7-15/h6-9,16,25H,4-5,10-12H2,1-3H3,(H,24,27)/t16-/m1/s1. The van der Waals surface area contributed by atoms with Gasteiger partial charge in [-0.15, -0.1) is 0 Å². The number of methoxy groups -OCH3 is 1. The summed E-state index contributed by atoms with van der Waals surface area (Å²) in [5.74, 6) is -1.50. The highest BCUT2D eigenvalue weighted by Gasteiger charge is 2.31. The van der Waals surface area contributed by atoms with E-state index in [1.165, 1.54) is 19.2 Å². The molecule has 1 atom stereocenters. The number of piperidine rings is 1. The Hall–Kier alpha value is -3.16. The van der Waals surface area contributed by atoms with E-state index in [9.17, 15) is 18.8 Å². The number of hydrogen-bond acceptors (Lipinski definition) is 4. The molecule has 160 valence electrons. The first-order valence-corrected chi connectivity index (χ1v) is 9.90. The summed E-state index contributed by atoms with van der Waals surface area (Å²) >= 11 is 0. The molecule has 2 aromatic rings. The van der Waals surface area contributed by atoms with Crippen LogP contribution in [0.2, 0.25) is 0 Å². The van der Waals surface area contributed by atoms with Crippen molar-refractivity contribution in [1.82, 2.24) is 15.2 Å². The number of aromatic nitrogens is 1. The lowest BCUT2D eigenvalue weighted by molar-refractivity contribution is -0.126. The first kappa shape index (κ1) is 21.5. The molecule has 30 heavy (non-hydrogen) atoms. The molecule has 2 N–H and O–H groups in total. The molecule has 2 heterocycles. The number of hydrogen-bond donors (Lipinski definition) is 2. The number of carbonyl (C=O) groups is 3. The zero-order chi connectivity index (χ0) is 21.8. The highest BCUT2D eigenvalue weighted by atomic mass is 19.1. The van der Waals surface area contributed by atoms with Gasteiger partial charge in [0.15, 0.2) is 0 Å². The average molecular weight is 415 g/mol. The number of ether oxygens (including phenoxy) is 1. The number of nitrogens with one attached hydrogen (secondary N) is 2. The summed E-state index contributed by atoms with van der Waals surface area (Å²) in [6, 6.07) is 5.96. The van der Waals surface area contributed by atoms with E-state index in [2.05, 4.69) is 10.3 Å². The molecule has 0 aliphatic carbocycles. The van der Waals surface area contributed by atoms with Gasteiger partial charge in [-0.25, -0.2) is 9.18 Å². The quantitative estimate of drug-likeness (QED) is 0.735. The molecule has 1 saturated heterocycles. The monoisotopic (exact) mass is 415 g/mol. The predicted octanol–water partition coefficient (Wildman–Crippen LogP) is 2.73. The van der Waals surface area contributed by atoms with Crippen molar-refractivity contribution in [1.29, 1.82) is 0 Å². The van der Waals surface area contributed by atoms with Crippen LogP contribution in [0, 0.1) is 25.6 Å². The van der Waals surface area contributed by atoms with Crippen LogP contribution in [0.5, 0.6) is 0 Å². The van der Waals surface area contributed by atoms with Gasteiger partial charge in [-0.1, -0.05) is 12.1 Å². The van der Waals surface area contributed by atoms with Crippen molar-refractivity contribution < 1.29 is 23.5 Å². The maximum absolute atomic E-state index is 13.1. The van der Waals surface area contributed by atoms with E-state index in [0.29, 0.717) is 55.0 Å². The lowest BCUT2D eigenvalue weighted by Crippen LogP contribution is -2.45. The van der Waals surface area contributed by atoms with E-state index in [1.807, 2.05) is 0 Å². The van der Waals surface area contributed by atoms with Crippen LogP contribution in [0.1, 0.15) is 50.5 Å². The average Bonchev–Trinajstić information content (AvgIpc) is 3.06. The van der Waals surface area contributed by atoms with Gasteiger partial charge in [0.1, 0.15) is 11.5 Å². The number of aromatic amines is 1. The van der Waals surface area contributed by atoms with Crippen molar-refractivity contribution in [2.75, 3.05) is 20.2 Å². The molecular formula is C22H26FN3O4. The summed E-state index contributed by atoms with van der Waals surface area (Å²) in [5.41, 5.74) is 2.65. The molecule has 0 saturated carbocycles. The molecule has 1 fully saturated rings. The van der Waals surface area contributed by atoms with Crippen LogP contribution in [0.3, 0.4) is 0 Å². The van der Waals surface area contributed by atoms with Crippen LogP contribution < -0.4 is 5.32 Å². The molecule has 0 bridgehead atoms. The Morgan fingerprint density at radius 3 is 2.60 bits per heavy atom. The molecule has 2 amide bonds. The third kappa shape index (κ3) is 4.53. The third-order valence-electron chi connectivity index (χ3n) is 5.50. The predicted molar refractivity (Wildman–Crippen MR) is 108 cm³/mol. The number of aryl methyl sites for hydroxylation is 1. The number of esters is 1. The zero-order valence-electron chi connectivity index (χ0n) is 17.4. The highest BCUT2D eigenvalue weighted by Crippen LogP contribution is 2.23. The van der Waals surface area contributed by atoms with Gasteiger partial charge in [-0.05, 0) is 49.9 Å². The van der Waals surface area contributed by atoms with Crippen molar-refractivity contribution in [3.63, 3.8) is 0 Å². The third-order valence-corrected chi connectivity index (χ3v) is 5.50. The second-order valence-corrected chi connectivity index (χ2v) is 7.55. The molecule has 0 radical (unpaired) electrons. The second kappa shape index (κ2) is 9.11. The molecule has 1 aliphatic heterocycles. The molecule has 7 nitrogen and oxygen atoms in total. The Morgan fingerprint density at radius 2 is 1.93 bits per heavy atom. The largest absolute Gasteiger partial charge is 0.465 e. The number of rotatable bonds is 5. The van der Waals surface area contributed by atoms with Crippen LogP contribution in [0.25, 0.3) is 0 Å². The Balaban J connectivity index is 1.65. The number of benzene rings is 1. The van der Waals surface area contributed by atoms with E-state index >= 15 is 0 Å². The van der Waals surface area contributed by atoms with Crippen LogP contribution in [0.15, 0.2) is 24.3 Å². The summed E-state index contributed by atoms with van der Waals surface area (Å²) < 4.78 is 17.8. The van der Waals surface area contributed by atoms with Crippen LogP contribution >= 0.6 is 0 Å². The fourth-order valence-corrected chi connectivity index (χ4v) is 3.84. The maximum Gasteiger partial charge on any atom is 0.339 e. The van der Waals surface area contributed by atoms with Crippen molar-refractivity contribution in [2.45, 2.75) is 33.2 Å². The van der Waals surface area contributed by atoms with Gasteiger partial charge < -0.3 is 19.9 Å². The number of H-pyrrole nitrogens is 1. The van der Waals surface area contributed by atoms with E-state index in [0.717, 1.165) is 5.56 Å². The number of carbonyl (C=O) groups excluding carboxylic acids is 3. The van der Waals surface area contributed by atoms with Crippen molar-refractivity contribution in [3.05, 3.63) is 58.2 Å². The van der Waals surface area contributed by atoms with Crippen molar-refractivity contribution >= 4 is 17.8 Å². The Bertz CT molecular complexity index is 952. The van der Waals surface area contributed by atoms with Crippen LogP contribution in [-0.4, -0.2) is 47.9 Å². The van der Waals surface area contributed by atoms with Crippen LogP contribution in [-0.2, 0) is 16.1 Å². The second-order valence-electron chi connectivity index (χ2n) is 7.55. The molecule has 0 spiro atoms. The Kier molecular flexibility index (Phi) is 6.54. The minimum Gasteiger partial charge on any atom is -0.465 e. The van der Waals surface area contributed by atoms with Crippen molar-refractivity contribution in [3.8, 4) is 0 Å². The Morgan fingerprint density at radius 1 is 1.23 bits per heavy atom. The lowest BCUT2D eigenvalue weighted by atomic mass is 9.96. The van der Waals surface area contributed by atoms with Gasteiger partial charge in [-0.3, -0.25) is 9.59 Å². The van der Waals surface area contributed by atoms with E-state index < -0.39 is 5.97 Å². The number of nitrogens with zero attached hydrogens (tertiary/aromatic N) is 1. The molecular weight excluding hydrogens is 389 g/mol. The van der Waals surface area contributed by atoms with Gasteiger partial charge in [0.25, 0.3) is 5.91 Å². The van der Waals surface area contributed by atoms with Gasteiger partial charge in [0.2, 0.25) is 5.91 Å². The van der Waals surface area contributed by atoms with Gasteiger partial charge >= 0.3 is 5.97 Å². The molecule has 1 aromatic carbocycles. The van der Waals surface area contributed by atoms with E-state index in [-0.39, 0.29) is 23.5 Å². The normalized spacial score (nSPS) is 16.3. The van der Waals surface area contributed by atoms with Gasteiger partial charge in [0.05, 0.1) is 18.6 Å². The minimum atomic E-state index is -0.489. The zero-order valence-corrected chi connectivity index (χ0v) is 17.4. The lowest BCUT2D eigenvalue weighted by Gasteiger charge is -2.32. The van der Waals surface area contributed by atoms with Crippen LogP contribution in [0.4, 0.5) is 4.39 Å². The fourth-order valence-electron chi connectivity index (χ4n) is 3.84. The smallest absolute Gasteiger partial charge is 0.339 e.